The van der Waals surface area contributed by atoms with Crippen molar-refractivity contribution in [2.75, 3.05) is 13.2 Å². The first-order valence-electron chi connectivity index (χ1n) is 6.28. The van der Waals surface area contributed by atoms with Crippen LogP contribution in [0.25, 0.3) is 0 Å². The third kappa shape index (κ3) is 3.24. The highest BCUT2D eigenvalue weighted by Gasteiger charge is 2.42. The van der Waals surface area contributed by atoms with Crippen molar-refractivity contribution in [3.63, 3.8) is 0 Å². The molecule has 1 aromatic carbocycles. The van der Waals surface area contributed by atoms with E-state index in [0.717, 1.165) is 6.92 Å². The lowest BCUT2D eigenvalue weighted by Gasteiger charge is -2.21. The number of ether oxygens (including phenoxy) is 1. The van der Waals surface area contributed by atoms with Gasteiger partial charge in [-0.2, -0.15) is 0 Å². The van der Waals surface area contributed by atoms with Crippen LogP contribution in [0.5, 0.6) is 0 Å². The van der Waals surface area contributed by atoms with Gasteiger partial charge in [-0.25, -0.2) is 8.78 Å². The van der Waals surface area contributed by atoms with Crippen molar-refractivity contribution in [3.05, 3.63) is 35.4 Å². The van der Waals surface area contributed by atoms with Crippen LogP contribution in [0.2, 0.25) is 0 Å². The summed E-state index contributed by atoms with van der Waals surface area (Å²) < 4.78 is 32.0. The fourth-order valence-electron chi connectivity index (χ4n) is 2.04. The van der Waals surface area contributed by atoms with Gasteiger partial charge in [-0.1, -0.05) is 12.1 Å². The minimum atomic E-state index is -3.32. The maximum Gasteiger partial charge on any atom is 0.302 e. The van der Waals surface area contributed by atoms with Crippen LogP contribution in [0.4, 0.5) is 8.78 Å². The zero-order valence-electron chi connectivity index (χ0n) is 11.3. The van der Waals surface area contributed by atoms with E-state index in [9.17, 15) is 23.2 Å². The molecular weight excluding hydrogens is 284 g/mol. The maximum absolute atomic E-state index is 13.8. The fourth-order valence-corrected chi connectivity index (χ4v) is 2.04. The molecule has 2 amide bonds. The standard InChI is InChI=1S/C14H13F2NO4/c1-9(18)21-7-6-14(15,16)8-17-12(19)10-4-2-3-5-11(10)13(17)20/h2-5H,6-8H2,1H3. The highest BCUT2D eigenvalue weighted by molar-refractivity contribution is 6.21. The first-order valence-corrected chi connectivity index (χ1v) is 6.28. The van der Waals surface area contributed by atoms with Crippen LogP contribution in [0, 0.1) is 0 Å². The van der Waals surface area contributed by atoms with Crippen molar-refractivity contribution < 1.29 is 27.9 Å². The summed E-state index contributed by atoms with van der Waals surface area (Å²) in [7, 11) is 0. The number of carbonyl (C=O) groups excluding carboxylic acids is 3. The average Bonchev–Trinajstić information content (AvgIpc) is 2.64. The van der Waals surface area contributed by atoms with Gasteiger partial charge in [0.15, 0.2) is 0 Å². The summed E-state index contributed by atoms with van der Waals surface area (Å²) in [5, 5.41) is 0. The van der Waals surface area contributed by atoms with E-state index in [4.69, 9.17) is 0 Å². The number of carbonyl (C=O) groups is 3. The summed E-state index contributed by atoms with van der Waals surface area (Å²) in [5.74, 6) is -5.44. The number of benzene rings is 1. The van der Waals surface area contributed by atoms with E-state index in [0.29, 0.717) is 4.90 Å². The monoisotopic (exact) mass is 297 g/mol. The Bertz CT molecular complexity index is 565. The zero-order valence-corrected chi connectivity index (χ0v) is 11.3. The van der Waals surface area contributed by atoms with Gasteiger partial charge >= 0.3 is 5.97 Å². The second-order valence-corrected chi connectivity index (χ2v) is 4.69. The normalized spacial score (nSPS) is 14.3. The molecule has 2 rings (SSSR count). The lowest BCUT2D eigenvalue weighted by molar-refractivity contribution is -0.143. The summed E-state index contributed by atoms with van der Waals surface area (Å²) in [6, 6.07) is 5.97. The van der Waals surface area contributed by atoms with Crippen LogP contribution in [-0.2, 0) is 9.53 Å². The van der Waals surface area contributed by atoms with Crippen molar-refractivity contribution in [1.82, 2.24) is 4.90 Å². The van der Waals surface area contributed by atoms with Crippen LogP contribution < -0.4 is 0 Å². The topological polar surface area (TPSA) is 63.7 Å². The SMILES string of the molecule is CC(=O)OCCC(F)(F)CN1C(=O)c2ccccc2C1=O. The molecule has 1 aliphatic heterocycles. The molecule has 0 atom stereocenters. The van der Waals surface area contributed by atoms with Crippen LogP contribution in [0.3, 0.4) is 0 Å². The second kappa shape index (κ2) is 5.59. The average molecular weight is 297 g/mol. The molecule has 0 saturated heterocycles. The van der Waals surface area contributed by atoms with Crippen molar-refractivity contribution in [1.29, 1.82) is 0 Å². The third-order valence-corrected chi connectivity index (χ3v) is 3.04. The summed E-state index contributed by atoms with van der Waals surface area (Å²) in [6.45, 7) is -0.381. The van der Waals surface area contributed by atoms with Gasteiger partial charge in [0.1, 0.15) is 0 Å². The van der Waals surface area contributed by atoms with Gasteiger partial charge in [-0.15, -0.1) is 0 Å². The van der Waals surface area contributed by atoms with Gasteiger partial charge in [0.25, 0.3) is 17.7 Å². The fraction of sp³-hybridized carbons (Fsp3) is 0.357. The van der Waals surface area contributed by atoms with Gasteiger partial charge in [0.05, 0.1) is 24.3 Å². The summed E-state index contributed by atoms with van der Waals surface area (Å²) in [4.78, 5) is 35.0. The second-order valence-electron chi connectivity index (χ2n) is 4.69. The van der Waals surface area contributed by atoms with E-state index in [-0.39, 0.29) is 11.1 Å². The first-order chi connectivity index (χ1) is 9.82. The van der Waals surface area contributed by atoms with Crippen LogP contribution in [0.1, 0.15) is 34.1 Å². The largest absolute Gasteiger partial charge is 0.466 e. The van der Waals surface area contributed by atoms with Gasteiger partial charge in [0.2, 0.25) is 0 Å². The Morgan fingerprint density at radius 3 is 2.19 bits per heavy atom. The van der Waals surface area contributed by atoms with Gasteiger partial charge in [-0.05, 0) is 12.1 Å². The van der Waals surface area contributed by atoms with E-state index in [1.807, 2.05) is 0 Å². The number of rotatable bonds is 5. The van der Waals surface area contributed by atoms with Gasteiger partial charge < -0.3 is 4.74 Å². The van der Waals surface area contributed by atoms with Crippen LogP contribution >= 0.6 is 0 Å². The molecule has 0 spiro atoms. The van der Waals surface area contributed by atoms with Crippen molar-refractivity contribution in [3.8, 4) is 0 Å². The Balaban J connectivity index is 2.05. The molecule has 1 aliphatic rings. The quantitative estimate of drug-likeness (QED) is 0.615. The summed E-state index contributed by atoms with van der Waals surface area (Å²) in [5.41, 5.74) is 0.247. The molecule has 1 aromatic rings. The molecule has 0 N–H and O–H groups in total. The van der Waals surface area contributed by atoms with E-state index < -0.39 is 43.3 Å². The third-order valence-electron chi connectivity index (χ3n) is 3.04. The molecule has 0 unspecified atom stereocenters. The zero-order chi connectivity index (χ0) is 15.6. The molecule has 0 aliphatic carbocycles. The molecule has 7 heteroatoms. The Hall–Kier alpha value is -2.31. The Kier molecular flexibility index (Phi) is 4.02. The van der Waals surface area contributed by atoms with Crippen LogP contribution in [-0.4, -0.2) is 41.8 Å². The number of hydrogen-bond donors (Lipinski definition) is 0. The number of hydrogen-bond acceptors (Lipinski definition) is 4. The van der Waals surface area contributed by atoms with Crippen LogP contribution in [0.15, 0.2) is 24.3 Å². The Morgan fingerprint density at radius 1 is 1.19 bits per heavy atom. The van der Waals surface area contributed by atoms with Crippen molar-refractivity contribution >= 4 is 17.8 Å². The first kappa shape index (κ1) is 15.1. The van der Waals surface area contributed by atoms with E-state index in [1.165, 1.54) is 12.1 Å². The van der Waals surface area contributed by atoms with Crippen molar-refractivity contribution in [2.45, 2.75) is 19.3 Å². The van der Waals surface area contributed by atoms with Crippen molar-refractivity contribution in [2.24, 2.45) is 0 Å². The predicted octanol–water partition coefficient (Wildman–Crippen LogP) is 1.87. The molecule has 0 bridgehead atoms. The Morgan fingerprint density at radius 2 is 1.71 bits per heavy atom. The maximum atomic E-state index is 13.8. The predicted molar refractivity (Wildman–Crippen MR) is 68.0 cm³/mol. The molecule has 0 fully saturated rings. The van der Waals surface area contributed by atoms with E-state index >= 15 is 0 Å². The highest BCUT2D eigenvalue weighted by atomic mass is 19.3. The molecule has 21 heavy (non-hydrogen) atoms. The smallest absolute Gasteiger partial charge is 0.302 e. The number of esters is 1. The molecule has 5 nitrogen and oxygen atoms in total. The molecule has 0 aromatic heterocycles. The van der Waals surface area contributed by atoms with E-state index in [2.05, 4.69) is 4.74 Å². The number of imide groups is 1. The molecule has 0 saturated carbocycles. The molecular formula is C14H13F2NO4. The lowest BCUT2D eigenvalue weighted by atomic mass is 10.1. The number of halogens is 2. The summed E-state index contributed by atoms with van der Waals surface area (Å²) >= 11 is 0. The minimum absolute atomic E-state index is 0.123. The number of nitrogens with zero attached hydrogens (tertiary/aromatic N) is 1. The minimum Gasteiger partial charge on any atom is -0.466 e. The number of alkyl halides is 2. The van der Waals surface area contributed by atoms with E-state index in [1.54, 1.807) is 12.1 Å². The lowest BCUT2D eigenvalue weighted by Crippen LogP contribution is -2.41. The molecule has 112 valence electrons. The Labute approximate surface area is 119 Å². The number of fused-ring (bicyclic) bond motifs is 1. The summed E-state index contributed by atoms with van der Waals surface area (Å²) in [6.07, 6.45) is -0.750. The number of amides is 2. The highest BCUT2D eigenvalue weighted by Crippen LogP contribution is 2.27. The van der Waals surface area contributed by atoms with Gasteiger partial charge in [-0.3, -0.25) is 19.3 Å². The van der Waals surface area contributed by atoms with Gasteiger partial charge in [0, 0.05) is 13.3 Å². The molecule has 0 radical (unpaired) electrons. The molecule has 1 heterocycles.